The van der Waals surface area contributed by atoms with Gasteiger partial charge < -0.3 is 10.1 Å². The van der Waals surface area contributed by atoms with Gasteiger partial charge in [-0.25, -0.2) is 4.79 Å². The van der Waals surface area contributed by atoms with E-state index in [1.165, 1.54) is 4.90 Å². The van der Waals surface area contributed by atoms with Crippen molar-refractivity contribution in [3.05, 3.63) is 34.9 Å². The van der Waals surface area contributed by atoms with Gasteiger partial charge in [0.2, 0.25) is 5.91 Å². The van der Waals surface area contributed by atoms with E-state index in [1.807, 2.05) is 12.1 Å². The standard InChI is InChI=1S/C12H13ClN2O3/c13-10-3-1-9(2-4-10)7-14-11(16)8-15-5-6-18-12(15)17/h1-4H,5-8H2,(H,14,16). The van der Waals surface area contributed by atoms with E-state index >= 15 is 0 Å². The van der Waals surface area contributed by atoms with Crippen LogP contribution in [0.1, 0.15) is 5.56 Å². The van der Waals surface area contributed by atoms with Gasteiger partial charge in [0.15, 0.2) is 0 Å². The third-order valence-corrected chi connectivity index (χ3v) is 2.83. The number of amides is 2. The van der Waals surface area contributed by atoms with Gasteiger partial charge in [0.05, 0.1) is 6.54 Å². The fraction of sp³-hybridized carbons (Fsp3) is 0.333. The molecule has 0 aromatic heterocycles. The van der Waals surface area contributed by atoms with E-state index in [0.29, 0.717) is 24.7 Å². The molecule has 18 heavy (non-hydrogen) atoms. The molecule has 0 radical (unpaired) electrons. The van der Waals surface area contributed by atoms with Gasteiger partial charge in [-0.1, -0.05) is 23.7 Å². The highest BCUT2D eigenvalue weighted by Gasteiger charge is 2.23. The molecule has 1 fully saturated rings. The molecule has 1 aromatic carbocycles. The molecule has 0 aliphatic carbocycles. The van der Waals surface area contributed by atoms with Gasteiger partial charge in [-0.3, -0.25) is 9.69 Å². The number of nitrogens with one attached hydrogen (secondary N) is 1. The Kier molecular flexibility index (Phi) is 4.04. The van der Waals surface area contributed by atoms with Crippen LogP contribution in [0.2, 0.25) is 5.02 Å². The molecular formula is C12H13ClN2O3. The van der Waals surface area contributed by atoms with Gasteiger partial charge >= 0.3 is 6.09 Å². The minimum absolute atomic E-state index is 0.0341. The zero-order chi connectivity index (χ0) is 13.0. The maximum atomic E-state index is 11.6. The van der Waals surface area contributed by atoms with E-state index in [-0.39, 0.29) is 12.5 Å². The zero-order valence-electron chi connectivity index (χ0n) is 9.69. The molecule has 0 bridgehead atoms. The molecule has 2 rings (SSSR count). The summed E-state index contributed by atoms with van der Waals surface area (Å²) in [7, 11) is 0. The number of benzene rings is 1. The van der Waals surface area contributed by atoms with Crippen molar-refractivity contribution in [2.24, 2.45) is 0 Å². The second kappa shape index (κ2) is 5.73. The van der Waals surface area contributed by atoms with Crippen molar-refractivity contribution in [1.82, 2.24) is 10.2 Å². The molecule has 1 aliphatic rings. The first-order valence-electron chi connectivity index (χ1n) is 5.58. The molecule has 0 atom stereocenters. The maximum Gasteiger partial charge on any atom is 0.410 e. The molecule has 6 heteroatoms. The Morgan fingerprint density at radius 1 is 1.39 bits per heavy atom. The number of nitrogens with zero attached hydrogens (tertiary/aromatic N) is 1. The monoisotopic (exact) mass is 268 g/mol. The van der Waals surface area contributed by atoms with Crippen LogP contribution in [-0.2, 0) is 16.1 Å². The fourth-order valence-electron chi connectivity index (χ4n) is 1.60. The SMILES string of the molecule is O=C(CN1CCOC1=O)NCc1ccc(Cl)cc1. The lowest BCUT2D eigenvalue weighted by Crippen LogP contribution is -2.37. The van der Waals surface area contributed by atoms with Gasteiger partial charge in [0.25, 0.3) is 0 Å². The van der Waals surface area contributed by atoms with Crippen LogP contribution in [-0.4, -0.2) is 36.6 Å². The Morgan fingerprint density at radius 2 is 2.11 bits per heavy atom. The van der Waals surface area contributed by atoms with Crippen LogP contribution in [0, 0.1) is 0 Å². The molecule has 96 valence electrons. The fourth-order valence-corrected chi connectivity index (χ4v) is 1.73. The Bertz CT molecular complexity index is 447. The van der Waals surface area contributed by atoms with E-state index < -0.39 is 6.09 Å². The first-order valence-corrected chi connectivity index (χ1v) is 5.96. The van der Waals surface area contributed by atoms with Gasteiger partial charge in [-0.15, -0.1) is 0 Å². The lowest BCUT2D eigenvalue weighted by atomic mass is 10.2. The van der Waals surface area contributed by atoms with Crippen LogP contribution in [0.25, 0.3) is 0 Å². The quantitative estimate of drug-likeness (QED) is 0.898. The summed E-state index contributed by atoms with van der Waals surface area (Å²) in [6.45, 7) is 1.27. The lowest BCUT2D eigenvalue weighted by molar-refractivity contribution is -0.121. The summed E-state index contributed by atoms with van der Waals surface area (Å²) in [4.78, 5) is 24.1. The van der Waals surface area contributed by atoms with Crippen LogP contribution < -0.4 is 5.32 Å². The number of carbonyl (C=O) groups excluding carboxylic acids is 2. The number of hydrogen-bond acceptors (Lipinski definition) is 3. The number of hydrogen-bond donors (Lipinski definition) is 1. The highest BCUT2D eigenvalue weighted by atomic mass is 35.5. The van der Waals surface area contributed by atoms with E-state index in [9.17, 15) is 9.59 Å². The van der Waals surface area contributed by atoms with Gasteiger partial charge in [0.1, 0.15) is 13.2 Å². The highest BCUT2D eigenvalue weighted by molar-refractivity contribution is 6.30. The summed E-state index contributed by atoms with van der Waals surface area (Å²) in [5.41, 5.74) is 0.955. The zero-order valence-corrected chi connectivity index (χ0v) is 10.4. The first-order chi connectivity index (χ1) is 8.65. The summed E-state index contributed by atoms with van der Waals surface area (Å²) in [6, 6.07) is 7.21. The molecule has 1 aliphatic heterocycles. The molecule has 5 nitrogen and oxygen atoms in total. The Labute approximate surface area is 110 Å². The average Bonchev–Trinajstić information content (AvgIpc) is 2.74. The summed E-state index contributed by atoms with van der Waals surface area (Å²) < 4.78 is 4.73. The third-order valence-electron chi connectivity index (χ3n) is 2.58. The molecular weight excluding hydrogens is 256 g/mol. The third kappa shape index (κ3) is 3.37. The summed E-state index contributed by atoms with van der Waals surface area (Å²) in [6.07, 6.45) is -0.434. The Balaban J connectivity index is 1.78. The van der Waals surface area contributed by atoms with Crippen molar-refractivity contribution < 1.29 is 14.3 Å². The molecule has 0 unspecified atom stereocenters. The number of rotatable bonds is 4. The average molecular weight is 269 g/mol. The predicted molar refractivity (Wildman–Crippen MR) is 66.2 cm³/mol. The molecule has 1 saturated heterocycles. The van der Waals surface area contributed by atoms with Crippen LogP contribution in [0.5, 0.6) is 0 Å². The Hall–Kier alpha value is -1.75. The topological polar surface area (TPSA) is 58.6 Å². The Morgan fingerprint density at radius 3 is 2.72 bits per heavy atom. The largest absolute Gasteiger partial charge is 0.448 e. The van der Waals surface area contributed by atoms with Crippen molar-refractivity contribution in [2.75, 3.05) is 19.7 Å². The number of carbonyl (C=O) groups is 2. The summed E-state index contributed by atoms with van der Waals surface area (Å²) in [5, 5.41) is 3.39. The van der Waals surface area contributed by atoms with Gasteiger partial charge in [0, 0.05) is 11.6 Å². The minimum atomic E-state index is -0.434. The lowest BCUT2D eigenvalue weighted by Gasteiger charge is -2.12. The van der Waals surface area contributed by atoms with Crippen LogP contribution in [0.15, 0.2) is 24.3 Å². The molecule has 2 amide bonds. The predicted octanol–water partition coefficient (Wildman–Crippen LogP) is 1.41. The van der Waals surface area contributed by atoms with Gasteiger partial charge in [-0.05, 0) is 17.7 Å². The molecule has 1 N–H and O–H groups in total. The van der Waals surface area contributed by atoms with Crippen molar-refractivity contribution in [2.45, 2.75) is 6.54 Å². The van der Waals surface area contributed by atoms with E-state index in [4.69, 9.17) is 16.3 Å². The summed E-state index contributed by atoms with van der Waals surface area (Å²) >= 11 is 5.76. The number of ether oxygens (including phenoxy) is 1. The molecule has 0 saturated carbocycles. The van der Waals surface area contributed by atoms with Crippen molar-refractivity contribution in [1.29, 1.82) is 0 Å². The van der Waals surface area contributed by atoms with Crippen molar-refractivity contribution >= 4 is 23.6 Å². The normalized spacial score (nSPS) is 14.5. The first kappa shape index (κ1) is 12.7. The maximum absolute atomic E-state index is 11.6. The minimum Gasteiger partial charge on any atom is -0.448 e. The smallest absolute Gasteiger partial charge is 0.410 e. The van der Waals surface area contributed by atoms with Crippen LogP contribution >= 0.6 is 11.6 Å². The van der Waals surface area contributed by atoms with Crippen molar-refractivity contribution in [3.8, 4) is 0 Å². The molecule has 0 spiro atoms. The summed E-state index contributed by atoms with van der Waals surface area (Å²) in [5.74, 6) is -0.205. The van der Waals surface area contributed by atoms with Crippen LogP contribution in [0.3, 0.4) is 0 Å². The van der Waals surface area contributed by atoms with Gasteiger partial charge in [-0.2, -0.15) is 0 Å². The second-order valence-electron chi connectivity index (χ2n) is 3.94. The van der Waals surface area contributed by atoms with Crippen molar-refractivity contribution in [3.63, 3.8) is 0 Å². The molecule has 1 aromatic rings. The molecule has 1 heterocycles. The van der Waals surface area contributed by atoms with E-state index in [1.54, 1.807) is 12.1 Å². The van der Waals surface area contributed by atoms with E-state index in [2.05, 4.69) is 5.32 Å². The highest BCUT2D eigenvalue weighted by Crippen LogP contribution is 2.09. The number of halogens is 1. The number of cyclic esters (lactones) is 1. The second-order valence-corrected chi connectivity index (χ2v) is 4.38. The van der Waals surface area contributed by atoms with Crippen LogP contribution in [0.4, 0.5) is 4.79 Å². The van der Waals surface area contributed by atoms with E-state index in [0.717, 1.165) is 5.56 Å².